The van der Waals surface area contributed by atoms with Crippen LogP contribution in [0.4, 0.5) is 18.0 Å². The van der Waals surface area contributed by atoms with E-state index in [4.69, 9.17) is 5.11 Å². The topological polar surface area (TPSA) is 78.4 Å². The highest BCUT2D eigenvalue weighted by Gasteiger charge is 2.31. The number of carboxylic acid groups (broad SMARTS) is 1. The number of alkyl halides is 3. The monoisotopic (exact) mass is 284 g/mol. The second-order valence-electron chi connectivity index (χ2n) is 4.86. The van der Waals surface area contributed by atoms with E-state index in [0.717, 1.165) is 0 Å². The third-order valence-corrected chi connectivity index (χ3v) is 2.23. The molecule has 0 saturated carbocycles. The zero-order valence-corrected chi connectivity index (χ0v) is 11.0. The van der Waals surface area contributed by atoms with Gasteiger partial charge in [0.25, 0.3) is 0 Å². The number of aliphatic carboxylic acids is 1. The van der Waals surface area contributed by atoms with Gasteiger partial charge in [0.15, 0.2) is 0 Å². The Morgan fingerprint density at radius 1 is 1.16 bits per heavy atom. The Kier molecular flexibility index (Phi) is 6.64. The summed E-state index contributed by atoms with van der Waals surface area (Å²) in [7, 11) is 0. The van der Waals surface area contributed by atoms with Gasteiger partial charge in [-0.1, -0.05) is 13.8 Å². The minimum absolute atomic E-state index is 0.0361. The molecular formula is C11H19F3N2O3. The predicted molar refractivity (Wildman–Crippen MR) is 62.7 cm³/mol. The van der Waals surface area contributed by atoms with E-state index in [0.29, 0.717) is 0 Å². The summed E-state index contributed by atoms with van der Waals surface area (Å²) in [4.78, 5) is 22.2. The number of amides is 2. The van der Waals surface area contributed by atoms with Gasteiger partial charge in [-0.3, -0.25) is 0 Å². The van der Waals surface area contributed by atoms with Gasteiger partial charge >= 0.3 is 18.2 Å². The lowest BCUT2D eigenvalue weighted by molar-refractivity contribution is -0.140. The van der Waals surface area contributed by atoms with Crippen molar-refractivity contribution in [3.63, 3.8) is 0 Å². The fourth-order valence-corrected chi connectivity index (χ4v) is 1.51. The van der Waals surface area contributed by atoms with Crippen LogP contribution in [-0.2, 0) is 4.79 Å². The van der Waals surface area contributed by atoms with Gasteiger partial charge in [0.05, 0.1) is 6.42 Å². The van der Waals surface area contributed by atoms with Crippen LogP contribution in [0, 0.1) is 5.92 Å². The van der Waals surface area contributed by atoms with Gasteiger partial charge in [0, 0.05) is 6.04 Å². The minimum atomic E-state index is -4.38. The Hall–Kier alpha value is -1.47. The Morgan fingerprint density at radius 2 is 1.68 bits per heavy atom. The Balaban J connectivity index is 4.30. The molecule has 0 aliphatic carbocycles. The number of halogens is 3. The average molecular weight is 284 g/mol. The summed E-state index contributed by atoms with van der Waals surface area (Å²) in [6, 6.07) is -3.14. The first-order chi connectivity index (χ1) is 8.51. The smallest absolute Gasteiger partial charge is 0.391 e. The summed E-state index contributed by atoms with van der Waals surface area (Å²) < 4.78 is 36.2. The van der Waals surface area contributed by atoms with Crippen LogP contribution >= 0.6 is 0 Å². The molecule has 1 unspecified atom stereocenters. The first-order valence-electron chi connectivity index (χ1n) is 5.88. The molecule has 8 heteroatoms. The standard InChI is InChI=1S/C11H19F3N2O3/c1-6(2)4-8(9(17)18)16-10(19)15-7(3)5-11(12,13)14/h6-8H,4-5H2,1-3H3,(H,17,18)(H2,15,16,19)/t7?,8-/m1/s1. The predicted octanol–water partition coefficient (Wildman–Crippen LogP) is 2.13. The molecule has 2 atom stereocenters. The molecule has 3 N–H and O–H groups in total. The highest BCUT2D eigenvalue weighted by molar-refractivity contribution is 5.82. The van der Waals surface area contributed by atoms with Crippen molar-refractivity contribution in [3.8, 4) is 0 Å². The van der Waals surface area contributed by atoms with Crippen molar-refractivity contribution in [2.45, 2.75) is 51.9 Å². The van der Waals surface area contributed by atoms with Crippen LogP contribution in [0.15, 0.2) is 0 Å². The van der Waals surface area contributed by atoms with E-state index >= 15 is 0 Å². The van der Waals surface area contributed by atoms with E-state index < -0.39 is 36.7 Å². The quantitative estimate of drug-likeness (QED) is 0.699. The molecule has 0 aromatic heterocycles. The number of carboxylic acids is 1. The molecule has 0 aromatic carbocycles. The molecule has 0 heterocycles. The number of hydrogen-bond acceptors (Lipinski definition) is 2. The maximum Gasteiger partial charge on any atom is 0.391 e. The number of rotatable bonds is 6. The summed E-state index contributed by atoms with van der Waals surface area (Å²) >= 11 is 0. The van der Waals surface area contributed by atoms with E-state index in [-0.39, 0.29) is 12.3 Å². The molecule has 0 bridgehead atoms. The molecule has 0 aliphatic heterocycles. The van der Waals surface area contributed by atoms with E-state index in [2.05, 4.69) is 10.6 Å². The molecule has 0 aliphatic rings. The van der Waals surface area contributed by atoms with Crippen LogP contribution in [0.2, 0.25) is 0 Å². The number of nitrogens with one attached hydrogen (secondary N) is 2. The third-order valence-electron chi connectivity index (χ3n) is 2.23. The lowest BCUT2D eigenvalue weighted by atomic mass is 10.0. The zero-order chi connectivity index (χ0) is 15.2. The SMILES string of the molecule is CC(C)C[C@@H](NC(=O)NC(C)CC(F)(F)F)C(=O)O. The molecule has 2 amide bonds. The maximum absolute atomic E-state index is 12.1. The van der Waals surface area contributed by atoms with Gasteiger partial charge in [-0.2, -0.15) is 13.2 Å². The van der Waals surface area contributed by atoms with Crippen LogP contribution in [0.1, 0.15) is 33.6 Å². The molecule has 19 heavy (non-hydrogen) atoms. The highest BCUT2D eigenvalue weighted by atomic mass is 19.4. The lowest BCUT2D eigenvalue weighted by Crippen LogP contribution is -2.49. The number of carbonyl (C=O) groups is 2. The molecule has 0 spiro atoms. The fraction of sp³-hybridized carbons (Fsp3) is 0.818. The van der Waals surface area contributed by atoms with Crippen LogP contribution in [0.25, 0.3) is 0 Å². The van der Waals surface area contributed by atoms with E-state index in [1.807, 2.05) is 0 Å². The third kappa shape index (κ3) is 9.15. The van der Waals surface area contributed by atoms with Crippen LogP contribution in [-0.4, -0.2) is 35.4 Å². The second-order valence-corrected chi connectivity index (χ2v) is 4.86. The van der Waals surface area contributed by atoms with Crippen molar-refractivity contribution in [2.75, 3.05) is 0 Å². The molecule has 0 rings (SSSR count). The van der Waals surface area contributed by atoms with Gasteiger partial charge in [-0.05, 0) is 19.3 Å². The Morgan fingerprint density at radius 3 is 2.05 bits per heavy atom. The van der Waals surface area contributed by atoms with Gasteiger partial charge in [0.1, 0.15) is 6.04 Å². The Labute approximate surface area is 109 Å². The first-order valence-corrected chi connectivity index (χ1v) is 5.88. The van der Waals surface area contributed by atoms with Gasteiger partial charge in [-0.25, -0.2) is 9.59 Å². The summed E-state index contributed by atoms with van der Waals surface area (Å²) in [5.74, 6) is -1.18. The minimum Gasteiger partial charge on any atom is -0.480 e. The molecule has 0 aromatic rings. The van der Waals surface area contributed by atoms with Crippen molar-refractivity contribution >= 4 is 12.0 Å². The first kappa shape index (κ1) is 17.5. The molecule has 0 saturated heterocycles. The number of hydrogen-bond donors (Lipinski definition) is 3. The molecule has 0 fully saturated rings. The Bertz CT molecular complexity index is 319. The molecule has 0 radical (unpaired) electrons. The van der Waals surface area contributed by atoms with Crippen molar-refractivity contribution in [1.82, 2.24) is 10.6 Å². The highest BCUT2D eigenvalue weighted by Crippen LogP contribution is 2.21. The van der Waals surface area contributed by atoms with Crippen molar-refractivity contribution in [1.29, 1.82) is 0 Å². The van der Waals surface area contributed by atoms with Gasteiger partial charge in [0.2, 0.25) is 0 Å². The van der Waals surface area contributed by atoms with Crippen LogP contribution in [0.3, 0.4) is 0 Å². The van der Waals surface area contributed by atoms with Crippen LogP contribution in [0.5, 0.6) is 0 Å². The van der Waals surface area contributed by atoms with Gasteiger partial charge < -0.3 is 15.7 Å². The fourth-order valence-electron chi connectivity index (χ4n) is 1.51. The zero-order valence-electron chi connectivity index (χ0n) is 11.0. The van der Waals surface area contributed by atoms with Crippen molar-refractivity contribution < 1.29 is 27.9 Å². The van der Waals surface area contributed by atoms with Crippen molar-refractivity contribution in [3.05, 3.63) is 0 Å². The summed E-state index contributed by atoms with van der Waals surface area (Å²) in [5.41, 5.74) is 0. The number of carbonyl (C=O) groups excluding carboxylic acids is 1. The normalized spacial score (nSPS) is 14.9. The average Bonchev–Trinajstić information content (AvgIpc) is 2.11. The molecular weight excluding hydrogens is 265 g/mol. The number of urea groups is 1. The van der Waals surface area contributed by atoms with Gasteiger partial charge in [-0.15, -0.1) is 0 Å². The second kappa shape index (κ2) is 7.20. The summed E-state index contributed by atoms with van der Waals surface area (Å²) in [6.07, 6.45) is -5.34. The van der Waals surface area contributed by atoms with E-state index in [1.54, 1.807) is 13.8 Å². The molecule has 5 nitrogen and oxygen atoms in total. The van der Waals surface area contributed by atoms with E-state index in [1.165, 1.54) is 6.92 Å². The van der Waals surface area contributed by atoms with E-state index in [9.17, 15) is 22.8 Å². The lowest BCUT2D eigenvalue weighted by Gasteiger charge is -2.20. The largest absolute Gasteiger partial charge is 0.480 e. The summed E-state index contributed by atoms with van der Waals surface area (Å²) in [6.45, 7) is 4.76. The van der Waals surface area contributed by atoms with Crippen molar-refractivity contribution in [2.24, 2.45) is 5.92 Å². The van der Waals surface area contributed by atoms with Crippen LogP contribution < -0.4 is 10.6 Å². The maximum atomic E-state index is 12.1. The molecule has 112 valence electrons. The summed E-state index contributed by atoms with van der Waals surface area (Å²) in [5, 5.41) is 13.1.